The minimum absolute atomic E-state index is 0.0884. The van der Waals surface area contributed by atoms with Crippen molar-refractivity contribution in [1.82, 2.24) is 10.2 Å². The Hall–Kier alpha value is -1.55. The lowest BCUT2D eigenvalue weighted by atomic mass is 9.97. The Balaban J connectivity index is 1.61. The van der Waals surface area contributed by atoms with Crippen LogP contribution in [0.25, 0.3) is 0 Å². The average Bonchev–Trinajstić information content (AvgIpc) is 3.00. The topological polar surface area (TPSA) is 44.4 Å². The van der Waals surface area contributed by atoms with Crippen LogP contribution in [0.1, 0.15) is 35.7 Å². The highest BCUT2D eigenvalue weighted by Gasteiger charge is 2.22. The van der Waals surface area contributed by atoms with Crippen molar-refractivity contribution in [2.75, 3.05) is 38.0 Å². The monoisotopic (exact) mass is 287 g/mol. The fourth-order valence-electron chi connectivity index (χ4n) is 3.42. The van der Waals surface area contributed by atoms with Gasteiger partial charge in [-0.05, 0) is 56.0 Å². The van der Waals surface area contributed by atoms with E-state index in [1.807, 2.05) is 12.1 Å². The van der Waals surface area contributed by atoms with Gasteiger partial charge < -0.3 is 15.5 Å². The Bertz CT molecular complexity index is 515. The Morgan fingerprint density at radius 2 is 2.38 bits per heavy atom. The molecule has 0 bridgehead atoms. The highest BCUT2D eigenvalue weighted by Crippen LogP contribution is 2.25. The lowest BCUT2D eigenvalue weighted by Gasteiger charge is -2.21. The molecule has 2 aliphatic rings. The van der Waals surface area contributed by atoms with Crippen LogP contribution in [-0.4, -0.2) is 43.5 Å². The minimum Gasteiger partial charge on any atom is -0.385 e. The maximum Gasteiger partial charge on any atom is 0.251 e. The van der Waals surface area contributed by atoms with Crippen LogP contribution >= 0.6 is 0 Å². The predicted octanol–water partition coefficient (Wildman–Crippen LogP) is 2.12. The second-order valence-corrected chi connectivity index (χ2v) is 6.12. The molecule has 4 nitrogen and oxygen atoms in total. The van der Waals surface area contributed by atoms with E-state index in [0.717, 1.165) is 50.3 Å². The van der Waals surface area contributed by atoms with Crippen molar-refractivity contribution in [1.29, 1.82) is 0 Å². The first kappa shape index (κ1) is 14.4. The van der Waals surface area contributed by atoms with Gasteiger partial charge in [-0.3, -0.25) is 4.79 Å². The summed E-state index contributed by atoms with van der Waals surface area (Å²) in [5, 5.41) is 6.52. The summed E-state index contributed by atoms with van der Waals surface area (Å²) in [6.45, 7) is 7.40. The van der Waals surface area contributed by atoms with Gasteiger partial charge in [0.2, 0.25) is 0 Å². The van der Waals surface area contributed by atoms with Gasteiger partial charge in [-0.2, -0.15) is 0 Å². The van der Waals surface area contributed by atoms with Crippen LogP contribution in [-0.2, 0) is 6.42 Å². The summed E-state index contributed by atoms with van der Waals surface area (Å²) < 4.78 is 0. The zero-order valence-electron chi connectivity index (χ0n) is 12.8. The lowest BCUT2D eigenvalue weighted by Crippen LogP contribution is -2.32. The van der Waals surface area contributed by atoms with Gasteiger partial charge in [0.05, 0.1) is 0 Å². The second kappa shape index (κ2) is 6.48. The molecular formula is C17H25N3O. The number of likely N-dealkylation sites (tertiary alicyclic amines) is 1. The fourth-order valence-corrected chi connectivity index (χ4v) is 3.42. The second-order valence-electron chi connectivity index (χ2n) is 6.12. The molecule has 1 atom stereocenters. The molecule has 2 heterocycles. The van der Waals surface area contributed by atoms with E-state index in [1.165, 1.54) is 18.5 Å². The Morgan fingerprint density at radius 1 is 1.48 bits per heavy atom. The van der Waals surface area contributed by atoms with E-state index < -0.39 is 0 Å². The van der Waals surface area contributed by atoms with Crippen molar-refractivity contribution in [2.24, 2.45) is 5.92 Å². The van der Waals surface area contributed by atoms with Gasteiger partial charge in [-0.15, -0.1) is 0 Å². The minimum atomic E-state index is 0.0884. The molecule has 114 valence electrons. The number of hydrogen-bond donors (Lipinski definition) is 2. The van der Waals surface area contributed by atoms with Crippen molar-refractivity contribution in [3.8, 4) is 0 Å². The number of carbonyl (C=O) groups excluding carboxylic acids is 1. The van der Waals surface area contributed by atoms with Crippen molar-refractivity contribution in [3.63, 3.8) is 0 Å². The van der Waals surface area contributed by atoms with Crippen molar-refractivity contribution in [3.05, 3.63) is 29.3 Å². The quantitative estimate of drug-likeness (QED) is 0.891. The van der Waals surface area contributed by atoms with Crippen LogP contribution in [0.5, 0.6) is 0 Å². The lowest BCUT2D eigenvalue weighted by molar-refractivity contribution is 0.0946. The molecule has 1 saturated heterocycles. The number of carbonyl (C=O) groups is 1. The largest absolute Gasteiger partial charge is 0.385 e. The molecule has 1 fully saturated rings. The van der Waals surface area contributed by atoms with Crippen LogP contribution in [0, 0.1) is 5.92 Å². The Kier molecular flexibility index (Phi) is 4.44. The molecule has 0 saturated carbocycles. The van der Waals surface area contributed by atoms with Crippen LogP contribution in [0.15, 0.2) is 18.2 Å². The summed E-state index contributed by atoms with van der Waals surface area (Å²) in [4.78, 5) is 14.9. The van der Waals surface area contributed by atoms with Gasteiger partial charge in [0.15, 0.2) is 0 Å². The van der Waals surface area contributed by atoms with Gasteiger partial charge in [-0.25, -0.2) is 0 Å². The molecule has 3 rings (SSSR count). The van der Waals surface area contributed by atoms with Crippen LogP contribution in [0.3, 0.4) is 0 Å². The number of nitrogens with one attached hydrogen (secondary N) is 2. The zero-order chi connectivity index (χ0) is 14.7. The molecule has 2 aliphatic heterocycles. The van der Waals surface area contributed by atoms with Crippen LogP contribution in [0.4, 0.5) is 5.69 Å². The van der Waals surface area contributed by atoms with Gasteiger partial charge in [0.25, 0.3) is 5.91 Å². The third-order valence-electron chi connectivity index (χ3n) is 4.71. The normalized spacial score (nSPS) is 21.7. The molecule has 0 aliphatic carbocycles. The van der Waals surface area contributed by atoms with Gasteiger partial charge >= 0.3 is 0 Å². The molecule has 2 N–H and O–H groups in total. The summed E-state index contributed by atoms with van der Waals surface area (Å²) in [6, 6.07) is 6.00. The fraction of sp³-hybridized carbons (Fsp3) is 0.588. The standard InChI is InChI=1S/C17H25N3O/c1-2-20-10-8-13(12-20)11-19-17(21)15-5-3-7-16-14(15)6-4-9-18-16/h3,5,7,13,18H,2,4,6,8-12H2,1H3,(H,19,21). The van der Waals surface area contributed by atoms with E-state index >= 15 is 0 Å². The van der Waals surface area contributed by atoms with E-state index in [9.17, 15) is 4.79 Å². The number of fused-ring (bicyclic) bond motifs is 1. The molecule has 1 aromatic rings. The van der Waals surface area contributed by atoms with Gasteiger partial charge in [0.1, 0.15) is 0 Å². The molecular weight excluding hydrogens is 262 g/mol. The predicted molar refractivity (Wildman–Crippen MR) is 85.8 cm³/mol. The SMILES string of the molecule is CCN1CCC(CNC(=O)c2cccc3c2CCCN3)C1. The number of anilines is 1. The van der Waals surface area contributed by atoms with Crippen LogP contribution < -0.4 is 10.6 Å². The van der Waals surface area contributed by atoms with Gasteiger partial charge in [-0.1, -0.05) is 13.0 Å². The maximum atomic E-state index is 12.5. The first-order chi connectivity index (χ1) is 10.3. The average molecular weight is 287 g/mol. The molecule has 0 radical (unpaired) electrons. The van der Waals surface area contributed by atoms with Crippen molar-refractivity contribution in [2.45, 2.75) is 26.2 Å². The molecule has 1 unspecified atom stereocenters. The number of hydrogen-bond acceptors (Lipinski definition) is 3. The third-order valence-corrected chi connectivity index (χ3v) is 4.71. The van der Waals surface area contributed by atoms with E-state index in [0.29, 0.717) is 5.92 Å². The van der Waals surface area contributed by atoms with E-state index in [-0.39, 0.29) is 5.91 Å². The molecule has 1 aromatic carbocycles. The smallest absolute Gasteiger partial charge is 0.251 e. The highest BCUT2D eigenvalue weighted by molar-refractivity contribution is 5.97. The van der Waals surface area contributed by atoms with E-state index in [2.05, 4.69) is 28.5 Å². The van der Waals surface area contributed by atoms with E-state index in [4.69, 9.17) is 0 Å². The van der Waals surface area contributed by atoms with E-state index in [1.54, 1.807) is 0 Å². The first-order valence-electron chi connectivity index (χ1n) is 8.14. The number of rotatable bonds is 4. The third kappa shape index (κ3) is 3.21. The summed E-state index contributed by atoms with van der Waals surface area (Å²) in [5.41, 5.74) is 3.17. The zero-order valence-corrected chi connectivity index (χ0v) is 12.8. The molecule has 0 aromatic heterocycles. The van der Waals surface area contributed by atoms with Crippen molar-refractivity contribution >= 4 is 11.6 Å². The number of benzene rings is 1. The summed E-state index contributed by atoms with van der Waals surface area (Å²) in [6.07, 6.45) is 3.30. The first-order valence-corrected chi connectivity index (χ1v) is 8.14. The number of amides is 1. The molecule has 21 heavy (non-hydrogen) atoms. The van der Waals surface area contributed by atoms with Gasteiger partial charge in [0, 0.05) is 30.9 Å². The molecule has 0 spiro atoms. The highest BCUT2D eigenvalue weighted by atomic mass is 16.1. The Labute approximate surface area is 126 Å². The van der Waals surface area contributed by atoms with Crippen LogP contribution in [0.2, 0.25) is 0 Å². The molecule has 1 amide bonds. The number of nitrogens with zero attached hydrogens (tertiary/aromatic N) is 1. The Morgan fingerprint density at radius 3 is 3.19 bits per heavy atom. The molecule has 4 heteroatoms. The maximum absolute atomic E-state index is 12.5. The summed E-state index contributed by atoms with van der Waals surface area (Å²) in [7, 11) is 0. The van der Waals surface area contributed by atoms with Crippen molar-refractivity contribution < 1.29 is 4.79 Å². The summed E-state index contributed by atoms with van der Waals surface area (Å²) >= 11 is 0. The summed E-state index contributed by atoms with van der Waals surface area (Å²) in [5.74, 6) is 0.692.